The number of thioether (sulfide) groups is 1. The standard InChI is InChI=1S/C15H25NO2S/c1-14(5-2-3-7-16-14)13(17)12-4-8-18-15(10-12)6-9-19-11-15/h12,16H,2-11H2,1H3. The van der Waals surface area contributed by atoms with Gasteiger partial charge in [-0.3, -0.25) is 4.79 Å². The second-order valence-electron chi connectivity index (χ2n) is 6.60. The smallest absolute Gasteiger partial charge is 0.155 e. The van der Waals surface area contributed by atoms with Crippen LogP contribution in [0.1, 0.15) is 45.4 Å². The van der Waals surface area contributed by atoms with Crippen LogP contribution in [0.5, 0.6) is 0 Å². The van der Waals surface area contributed by atoms with Gasteiger partial charge in [-0.05, 0) is 57.7 Å². The molecule has 0 aliphatic carbocycles. The van der Waals surface area contributed by atoms with Gasteiger partial charge < -0.3 is 10.1 Å². The summed E-state index contributed by atoms with van der Waals surface area (Å²) >= 11 is 1.98. The van der Waals surface area contributed by atoms with E-state index in [0.29, 0.717) is 5.78 Å². The molecule has 0 aromatic rings. The van der Waals surface area contributed by atoms with Crippen LogP contribution in [0.3, 0.4) is 0 Å². The second-order valence-corrected chi connectivity index (χ2v) is 7.71. The van der Waals surface area contributed by atoms with Crippen molar-refractivity contribution in [2.75, 3.05) is 24.7 Å². The Balaban J connectivity index is 1.69. The molecule has 0 aromatic heterocycles. The SMILES string of the molecule is CC1(C(=O)C2CCOC3(CCSC3)C2)CCCCN1. The molecule has 3 saturated heterocycles. The van der Waals surface area contributed by atoms with Crippen LogP contribution in [0.2, 0.25) is 0 Å². The van der Waals surface area contributed by atoms with Crippen LogP contribution < -0.4 is 5.32 Å². The monoisotopic (exact) mass is 283 g/mol. The van der Waals surface area contributed by atoms with Crippen molar-refractivity contribution in [3.63, 3.8) is 0 Å². The van der Waals surface area contributed by atoms with Crippen molar-refractivity contribution < 1.29 is 9.53 Å². The molecule has 0 radical (unpaired) electrons. The Labute approximate surface area is 120 Å². The molecule has 3 heterocycles. The minimum atomic E-state index is -0.271. The molecule has 108 valence electrons. The van der Waals surface area contributed by atoms with Crippen molar-refractivity contribution >= 4 is 17.5 Å². The Hall–Kier alpha value is -0.0600. The molecule has 3 rings (SSSR count). The lowest BCUT2D eigenvalue weighted by molar-refractivity contribution is -0.140. The highest BCUT2D eigenvalue weighted by molar-refractivity contribution is 7.99. The number of carbonyl (C=O) groups is 1. The maximum absolute atomic E-state index is 12.9. The maximum atomic E-state index is 12.9. The van der Waals surface area contributed by atoms with E-state index in [4.69, 9.17) is 4.74 Å². The van der Waals surface area contributed by atoms with Gasteiger partial charge in [-0.15, -0.1) is 0 Å². The Morgan fingerprint density at radius 1 is 1.37 bits per heavy atom. The molecule has 3 fully saturated rings. The largest absolute Gasteiger partial charge is 0.374 e. The molecule has 4 heteroatoms. The first-order valence-electron chi connectivity index (χ1n) is 7.65. The van der Waals surface area contributed by atoms with E-state index in [1.54, 1.807) is 0 Å². The fraction of sp³-hybridized carbons (Fsp3) is 0.933. The van der Waals surface area contributed by atoms with Crippen molar-refractivity contribution in [1.82, 2.24) is 5.32 Å². The quantitative estimate of drug-likeness (QED) is 0.844. The summed E-state index contributed by atoms with van der Waals surface area (Å²) < 4.78 is 6.03. The minimum absolute atomic E-state index is 0.0221. The van der Waals surface area contributed by atoms with E-state index in [-0.39, 0.29) is 17.1 Å². The zero-order valence-electron chi connectivity index (χ0n) is 11.9. The summed E-state index contributed by atoms with van der Waals surface area (Å²) in [4.78, 5) is 12.9. The summed E-state index contributed by atoms with van der Waals surface area (Å²) in [5.41, 5.74) is -0.249. The lowest BCUT2D eigenvalue weighted by Crippen LogP contribution is -2.56. The molecule has 0 aromatic carbocycles. The fourth-order valence-corrected chi connectivity index (χ4v) is 5.21. The van der Waals surface area contributed by atoms with Gasteiger partial charge in [0, 0.05) is 18.3 Å². The van der Waals surface area contributed by atoms with Crippen molar-refractivity contribution in [3.05, 3.63) is 0 Å². The molecule has 3 atom stereocenters. The third-order valence-electron chi connectivity index (χ3n) is 5.09. The van der Waals surface area contributed by atoms with Gasteiger partial charge in [0.05, 0.1) is 11.1 Å². The van der Waals surface area contributed by atoms with Crippen molar-refractivity contribution in [2.45, 2.75) is 56.6 Å². The number of carbonyl (C=O) groups excluding carboxylic acids is 1. The lowest BCUT2D eigenvalue weighted by Gasteiger charge is -2.42. The molecule has 1 N–H and O–H groups in total. The molecular formula is C15H25NO2S. The Kier molecular flexibility index (Phi) is 3.93. The average Bonchev–Trinajstić information content (AvgIpc) is 2.87. The summed E-state index contributed by atoms with van der Waals surface area (Å²) in [6.45, 7) is 3.87. The topological polar surface area (TPSA) is 38.3 Å². The first-order valence-corrected chi connectivity index (χ1v) is 8.80. The number of piperidine rings is 1. The highest BCUT2D eigenvalue weighted by Gasteiger charge is 2.46. The predicted octanol–water partition coefficient (Wildman–Crippen LogP) is 2.39. The number of ether oxygens (including phenoxy) is 1. The van der Waals surface area contributed by atoms with Crippen LogP contribution in [-0.4, -0.2) is 41.6 Å². The van der Waals surface area contributed by atoms with Crippen LogP contribution in [-0.2, 0) is 9.53 Å². The molecule has 3 nitrogen and oxygen atoms in total. The Morgan fingerprint density at radius 2 is 2.26 bits per heavy atom. The Morgan fingerprint density at radius 3 is 2.95 bits per heavy atom. The van der Waals surface area contributed by atoms with Gasteiger partial charge in [-0.2, -0.15) is 11.8 Å². The number of Topliss-reactive ketones (excluding diaryl/α,β-unsaturated/α-hetero) is 1. The molecule has 3 aliphatic rings. The first-order chi connectivity index (χ1) is 9.14. The van der Waals surface area contributed by atoms with Crippen molar-refractivity contribution in [2.24, 2.45) is 5.92 Å². The van der Waals surface area contributed by atoms with Crippen LogP contribution in [0.4, 0.5) is 0 Å². The van der Waals surface area contributed by atoms with Crippen LogP contribution in [0.15, 0.2) is 0 Å². The molecule has 0 bridgehead atoms. The highest BCUT2D eigenvalue weighted by Crippen LogP contribution is 2.42. The molecule has 3 unspecified atom stereocenters. The number of ketones is 1. The average molecular weight is 283 g/mol. The van der Waals surface area contributed by atoms with Gasteiger partial charge in [0.2, 0.25) is 0 Å². The summed E-state index contributed by atoms with van der Waals surface area (Å²) in [5, 5.41) is 3.48. The van der Waals surface area contributed by atoms with Crippen LogP contribution in [0.25, 0.3) is 0 Å². The van der Waals surface area contributed by atoms with Gasteiger partial charge in [0.1, 0.15) is 0 Å². The van der Waals surface area contributed by atoms with E-state index >= 15 is 0 Å². The number of rotatable bonds is 2. The van der Waals surface area contributed by atoms with Gasteiger partial charge in [0.25, 0.3) is 0 Å². The second kappa shape index (κ2) is 5.38. The van der Waals surface area contributed by atoms with E-state index in [1.165, 1.54) is 18.6 Å². The van der Waals surface area contributed by atoms with E-state index < -0.39 is 0 Å². The van der Waals surface area contributed by atoms with Gasteiger partial charge in [0.15, 0.2) is 5.78 Å². The van der Waals surface area contributed by atoms with Gasteiger partial charge >= 0.3 is 0 Å². The molecular weight excluding hydrogens is 258 g/mol. The summed E-state index contributed by atoms with van der Waals surface area (Å²) in [6.07, 6.45) is 6.39. The molecule has 3 aliphatic heterocycles. The minimum Gasteiger partial charge on any atom is -0.374 e. The highest BCUT2D eigenvalue weighted by atomic mass is 32.2. The third kappa shape index (κ3) is 2.72. The fourth-order valence-electron chi connectivity index (χ4n) is 3.83. The Bertz CT molecular complexity index is 346. The van der Waals surface area contributed by atoms with Crippen molar-refractivity contribution in [3.8, 4) is 0 Å². The first kappa shape index (κ1) is 13.9. The number of hydrogen-bond acceptors (Lipinski definition) is 4. The van der Waals surface area contributed by atoms with E-state index in [1.807, 2.05) is 11.8 Å². The number of nitrogens with one attached hydrogen (secondary N) is 1. The molecule has 1 spiro atoms. The zero-order chi connectivity index (χ0) is 13.3. The van der Waals surface area contributed by atoms with Gasteiger partial charge in [-0.1, -0.05) is 0 Å². The normalized spacial score (nSPS) is 43.5. The summed E-state index contributed by atoms with van der Waals surface area (Å²) in [5.74, 6) is 2.94. The molecule has 0 saturated carbocycles. The molecule has 19 heavy (non-hydrogen) atoms. The lowest BCUT2D eigenvalue weighted by atomic mass is 9.75. The molecule has 0 amide bonds. The van der Waals surface area contributed by atoms with Crippen LogP contribution >= 0.6 is 11.8 Å². The zero-order valence-corrected chi connectivity index (χ0v) is 12.7. The summed E-state index contributed by atoms with van der Waals surface area (Å²) in [7, 11) is 0. The van der Waals surface area contributed by atoms with E-state index in [9.17, 15) is 4.79 Å². The van der Waals surface area contributed by atoms with Crippen LogP contribution in [0, 0.1) is 5.92 Å². The predicted molar refractivity (Wildman–Crippen MR) is 78.6 cm³/mol. The van der Waals surface area contributed by atoms with Crippen molar-refractivity contribution in [1.29, 1.82) is 0 Å². The summed E-state index contributed by atoms with van der Waals surface area (Å²) in [6, 6.07) is 0. The van der Waals surface area contributed by atoms with Gasteiger partial charge in [-0.25, -0.2) is 0 Å². The van der Waals surface area contributed by atoms with E-state index in [0.717, 1.165) is 44.6 Å². The number of hydrogen-bond donors (Lipinski definition) is 1. The third-order valence-corrected chi connectivity index (χ3v) is 6.32. The van der Waals surface area contributed by atoms with E-state index in [2.05, 4.69) is 12.2 Å². The maximum Gasteiger partial charge on any atom is 0.155 e.